The van der Waals surface area contributed by atoms with Crippen LogP contribution in [0, 0.1) is 0 Å². The first-order valence-electron chi connectivity index (χ1n) is 4.87. The molecule has 0 aromatic heterocycles. The van der Waals surface area contributed by atoms with E-state index in [0.29, 0.717) is 5.56 Å². The van der Waals surface area contributed by atoms with Crippen LogP contribution in [0.15, 0.2) is 30.3 Å². The first kappa shape index (κ1) is 16.4. The summed E-state index contributed by atoms with van der Waals surface area (Å²) in [4.78, 5) is 22.8. The van der Waals surface area contributed by atoms with Gasteiger partial charge in [0.2, 0.25) is 0 Å². The summed E-state index contributed by atoms with van der Waals surface area (Å²) in [5.41, 5.74) is -1.33. The molecule has 0 aliphatic heterocycles. The van der Waals surface area contributed by atoms with E-state index < -0.39 is 28.2 Å². The molecule has 0 radical (unpaired) electrons. The van der Waals surface area contributed by atoms with Crippen LogP contribution < -0.4 is 61.8 Å². The van der Waals surface area contributed by atoms with Crippen LogP contribution in [0.4, 0.5) is 0 Å². The van der Waals surface area contributed by atoms with Crippen LogP contribution in [0.25, 0.3) is 0 Å². The van der Waals surface area contributed by atoms with E-state index in [1.54, 1.807) is 30.3 Å². The molecule has 1 saturated carbocycles. The third-order valence-electron chi connectivity index (χ3n) is 2.71. The summed E-state index contributed by atoms with van der Waals surface area (Å²) in [5.74, 6) is -2.01. The molecule has 1 aliphatic carbocycles. The number of rotatable bonds is 3. The summed E-state index contributed by atoms with van der Waals surface area (Å²) in [6, 6.07) is 8.21. The fourth-order valence-corrected chi connectivity index (χ4v) is 2.44. The fraction of sp³-hybridized carbons (Fsp3) is 0.273. The van der Waals surface area contributed by atoms with Gasteiger partial charge in [0.05, 0.1) is 16.7 Å². The van der Waals surface area contributed by atoms with Crippen molar-refractivity contribution >= 4 is 35.1 Å². The number of alkyl halides is 2. The summed E-state index contributed by atoms with van der Waals surface area (Å²) in [5, 5.41) is 11.6. The Labute approximate surface area is 156 Å². The Balaban J connectivity index is 0.00000162. The topological polar surface area (TPSA) is 69.2 Å². The quantitative estimate of drug-likeness (QED) is 0.482. The molecular weight excluding hydrogens is 304 g/mol. The molecule has 2 atom stereocenters. The Morgan fingerprint density at radius 2 is 1.67 bits per heavy atom. The van der Waals surface area contributed by atoms with E-state index in [2.05, 4.69) is 5.32 Å². The number of benzene rings is 1. The van der Waals surface area contributed by atoms with Gasteiger partial charge in [-0.25, -0.2) is 0 Å². The number of hydrogen-bond donors (Lipinski definition) is 1. The molecule has 1 aromatic carbocycles. The summed E-state index contributed by atoms with van der Waals surface area (Å²) < 4.78 is 0. The van der Waals surface area contributed by atoms with Gasteiger partial charge in [-0.05, 0) is 12.1 Å². The Morgan fingerprint density at radius 1 is 1.17 bits per heavy atom. The van der Waals surface area contributed by atoms with Crippen molar-refractivity contribution in [3.8, 4) is 0 Å². The third kappa shape index (κ3) is 2.77. The molecule has 1 amide bonds. The maximum absolute atomic E-state index is 11.8. The van der Waals surface area contributed by atoms with Crippen molar-refractivity contribution in [2.24, 2.45) is 0 Å². The Bertz CT molecular complexity index is 461. The molecule has 18 heavy (non-hydrogen) atoms. The van der Waals surface area contributed by atoms with Crippen molar-refractivity contribution in [2.45, 2.75) is 16.3 Å². The molecule has 1 N–H and O–H groups in total. The standard InChI is InChI=1S/C11H9Cl2NO3.K/c12-7-8(13)11(7,10(16)17)14-9(15)6-4-2-1-3-5-6;/h1-5,7-8H,(H,14,15)(H,16,17);/q;+1/p-1. The minimum absolute atomic E-state index is 0. The van der Waals surface area contributed by atoms with Gasteiger partial charge in [-0.3, -0.25) is 4.79 Å². The van der Waals surface area contributed by atoms with Crippen LogP contribution in [-0.2, 0) is 4.79 Å². The number of carbonyl (C=O) groups is 2. The maximum atomic E-state index is 11.8. The second-order valence-electron chi connectivity index (χ2n) is 3.78. The second kappa shape index (κ2) is 6.22. The number of hydrogen-bond acceptors (Lipinski definition) is 3. The van der Waals surface area contributed by atoms with Gasteiger partial charge in [-0.2, -0.15) is 0 Å². The summed E-state index contributed by atoms with van der Waals surface area (Å²) >= 11 is 11.4. The monoisotopic (exact) mass is 311 g/mol. The molecule has 0 saturated heterocycles. The van der Waals surface area contributed by atoms with Crippen LogP contribution in [0.1, 0.15) is 10.4 Å². The molecule has 2 unspecified atom stereocenters. The van der Waals surface area contributed by atoms with E-state index in [1.165, 1.54) is 0 Å². The van der Waals surface area contributed by atoms with Gasteiger partial charge in [0, 0.05) is 5.56 Å². The number of nitrogens with one attached hydrogen (secondary N) is 1. The minimum Gasteiger partial charge on any atom is -0.547 e. The normalized spacial score (nSPS) is 29.0. The number of carbonyl (C=O) groups excluding carboxylic acids is 2. The number of carboxylic acid groups (broad SMARTS) is 1. The van der Waals surface area contributed by atoms with Gasteiger partial charge in [0.1, 0.15) is 5.54 Å². The predicted molar refractivity (Wildman–Crippen MR) is 60.9 cm³/mol. The second-order valence-corrected chi connectivity index (χ2v) is 4.72. The number of amides is 1. The summed E-state index contributed by atoms with van der Waals surface area (Å²) in [6.45, 7) is 0. The molecule has 4 nitrogen and oxygen atoms in total. The molecule has 7 heteroatoms. The van der Waals surface area contributed by atoms with Crippen molar-refractivity contribution in [3.05, 3.63) is 35.9 Å². The van der Waals surface area contributed by atoms with Gasteiger partial charge in [0.15, 0.2) is 0 Å². The summed E-state index contributed by atoms with van der Waals surface area (Å²) in [7, 11) is 0. The first-order chi connectivity index (χ1) is 8.00. The molecule has 1 fully saturated rings. The van der Waals surface area contributed by atoms with E-state index >= 15 is 0 Å². The van der Waals surface area contributed by atoms with E-state index in [-0.39, 0.29) is 51.4 Å². The van der Waals surface area contributed by atoms with Gasteiger partial charge in [0.25, 0.3) is 5.91 Å². The molecule has 1 aliphatic rings. The number of aliphatic carboxylic acids is 1. The molecule has 1 aromatic rings. The van der Waals surface area contributed by atoms with Crippen LogP contribution in [0.3, 0.4) is 0 Å². The zero-order valence-electron chi connectivity index (χ0n) is 9.52. The van der Waals surface area contributed by atoms with Crippen LogP contribution in [-0.4, -0.2) is 28.2 Å². The minimum atomic E-state index is -1.67. The molecule has 0 heterocycles. The predicted octanol–water partition coefficient (Wildman–Crippen LogP) is -2.86. The van der Waals surface area contributed by atoms with E-state index in [1.807, 2.05) is 0 Å². The maximum Gasteiger partial charge on any atom is 1.00 e. The first-order valence-corrected chi connectivity index (χ1v) is 5.74. The van der Waals surface area contributed by atoms with Gasteiger partial charge >= 0.3 is 51.4 Å². The SMILES string of the molecule is O=C(NC1(C(=O)[O-])C(Cl)C1Cl)c1ccccc1.[K+]. The van der Waals surface area contributed by atoms with Crippen molar-refractivity contribution < 1.29 is 66.1 Å². The van der Waals surface area contributed by atoms with Gasteiger partial charge in [-0.15, -0.1) is 23.2 Å². The van der Waals surface area contributed by atoms with Crippen molar-refractivity contribution in [1.29, 1.82) is 0 Å². The average Bonchev–Trinajstić information content (AvgIpc) is 2.84. The largest absolute Gasteiger partial charge is 1.00 e. The number of carboxylic acids is 1. The van der Waals surface area contributed by atoms with Crippen molar-refractivity contribution in [2.75, 3.05) is 0 Å². The fourth-order valence-electron chi connectivity index (χ4n) is 1.57. The van der Waals surface area contributed by atoms with E-state index in [9.17, 15) is 14.7 Å². The smallest absolute Gasteiger partial charge is 0.547 e. The summed E-state index contributed by atoms with van der Waals surface area (Å²) in [6.07, 6.45) is 0. The Hall–Kier alpha value is 0.376. The number of halogens is 2. The van der Waals surface area contributed by atoms with Gasteiger partial charge < -0.3 is 15.2 Å². The molecule has 90 valence electrons. The van der Waals surface area contributed by atoms with Crippen molar-refractivity contribution in [3.63, 3.8) is 0 Å². The average molecular weight is 312 g/mol. The third-order valence-corrected chi connectivity index (χ3v) is 4.03. The molecular formula is C11H8Cl2KNO3. The Morgan fingerprint density at radius 3 is 2.06 bits per heavy atom. The molecule has 2 rings (SSSR count). The molecule has 0 bridgehead atoms. The van der Waals surface area contributed by atoms with Crippen LogP contribution >= 0.6 is 23.2 Å². The van der Waals surface area contributed by atoms with Crippen LogP contribution in [0.2, 0.25) is 0 Å². The zero-order valence-corrected chi connectivity index (χ0v) is 14.2. The van der Waals surface area contributed by atoms with E-state index in [0.717, 1.165) is 0 Å². The van der Waals surface area contributed by atoms with Crippen LogP contribution in [0.5, 0.6) is 0 Å². The van der Waals surface area contributed by atoms with Crippen molar-refractivity contribution in [1.82, 2.24) is 5.32 Å². The molecule has 0 spiro atoms. The Kier molecular flexibility index (Phi) is 5.68. The van der Waals surface area contributed by atoms with Gasteiger partial charge in [-0.1, -0.05) is 18.2 Å². The van der Waals surface area contributed by atoms with E-state index in [4.69, 9.17) is 23.2 Å². The zero-order chi connectivity index (χ0) is 12.6.